The van der Waals surface area contributed by atoms with Gasteiger partial charge in [-0.25, -0.2) is 4.79 Å². The molecule has 1 atom stereocenters. The third-order valence-electron chi connectivity index (χ3n) is 12.6. The summed E-state index contributed by atoms with van der Waals surface area (Å²) in [5, 5.41) is 0. The van der Waals surface area contributed by atoms with Crippen molar-refractivity contribution in [3.8, 4) is 0 Å². The van der Waals surface area contributed by atoms with Crippen molar-refractivity contribution in [3.63, 3.8) is 0 Å². The minimum Gasteiger partial charge on any atom is -0.465 e. The second kappa shape index (κ2) is 34.5. The van der Waals surface area contributed by atoms with Gasteiger partial charge in [0.1, 0.15) is 19.8 Å². The van der Waals surface area contributed by atoms with Crippen LogP contribution in [0, 0.1) is 29.6 Å². The van der Waals surface area contributed by atoms with Crippen molar-refractivity contribution in [2.45, 2.75) is 195 Å². The average molecular weight is 802 g/mol. The number of carbonyl (C=O) groups excluding carboxylic acids is 3. The number of ether oxygens (including phenoxy) is 4. The minimum absolute atomic E-state index is 0.0335. The Morgan fingerprint density at radius 2 is 1.14 bits per heavy atom. The van der Waals surface area contributed by atoms with Crippen molar-refractivity contribution in [1.82, 2.24) is 4.90 Å². The maximum atomic E-state index is 13.2. The summed E-state index contributed by atoms with van der Waals surface area (Å²) in [7, 11) is 0. The largest absolute Gasteiger partial charge is 0.508 e. The second-order valence-electron chi connectivity index (χ2n) is 17.2. The van der Waals surface area contributed by atoms with Crippen molar-refractivity contribution in [1.29, 1.82) is 0 Å². The van der Waals surface area contributed by atoms with E-state index in [1.165, 1.54) is 96.3 Å². The van der Waals surface area contributed by atoms with E-state index in [1.54, 1.807) is 0 Å². The second-order valence-corrected chi connectivity index (χ2v) is 17.2. The van der Waals surface area contributed by atoms with Gasteiger partial charge >= 0.3 is 18.1 Å². The van der Waals surface area contributed by atoms with Crippen molar-refractivity contribution in [2.24, 2.45) is 29.6 Å². The van der Waals surface area contributed by atoms with Gasteiger partial charge in [-0.05, 0) is 114 Å². The van der Waals surface area contributed by atoms with Crippen LogP contribution in [-0.4, -0.2) is 69.1 Å². The van der Waals surface area contributed by atoms with E-state index in [1.807, 2.05) is 0 Å². The molecular weight excluding hydrogens is 715 g/mol. The number of unbranched alkanes of at least 4 members (excludes halogenated alkanes) is 11. The summed E-state index contributed by atoms with van der Waals surface area (Å²) in [6, 6.07) is 0. The lowest BCUT2D eigenvalue weighted by molar-refractivity contribution is -0.154. The van der Waals surface area contributed by atoms with Crippen molar-refractivity contribution >= 4 is 18.1 Å². The molecule has 0 bridgehead atoms. The van der Waals surface area contributed by atoms with Crippen LogP contribution in [0.1, 0.15) is 195 Å². The van der Waals surface area contributed by atoms with Crippen molar-refractivity contribution in [2.75, 3.05) is 46.1 Å². The predicted octanol–water partition coefficient (Wildman–Crippen LogP) is 13.0. The standard InChI is InChI=1S/C49H87NO7/c1-5-9-11-12-13-14-15-16-17-18-19-20-21-22-23-25-28-47(51)55-39-43(41-57-49(53)54-38-26-37-50(7-3)8-4)40-56-48(52)46-35-33-45(34-36-46)44-31-29-42(30-32-44)27-24-10-6-2/h13-14,16-17,42-46H,5-12,15,18-41H2,1-4H3/b14-13-,17-16-. The fourth-order valence-electron chi connectivity index (χ4n) is 8.67. The Bertz CT molecular complexity index is 1060. The highest BCUT2D eigenvalue weighted by Crippen LogP contribution is 2.42. The Morgan fingerprint density at radius 1 is 0.579 bits per heavy atom. The normalized spacial score (nSPS) is 20.6. The van der Waals surface area contributed by atoms with E-state index in [-0.39, 0.29) is 44.3 Å². The maximum Gasteiger partial charge on any atom is 0.508 e. The van der Waals surface area contributed by atoms with Gasteiger partial charge in [-0.15, -0.1) is 0 Å². The molecule has 57 heavy (non-hydrogen) atoms. The lowest BCUT2D eigenvalue weighted by atomic mass is 9.68. The van der Waals surface area contributed by atoms with Crippen LogP contribution in [0.25, 0.3) is 0 Å². The summed E-state index contributed by atoms with van der Waals surface area (Å²) in [6.07, 6.45) is 38.1. The van der Waals surface area contributed by atoms with Gasteiger partial charge in [0.25, 0.3) is 0 Å². The molecule has 1 unspecified atom stereocenters. The molecule has 0 amide bonds. The van der Waals surface area contributed by atoms with Crippen LogP contribution in [0.2, 0.25) is 0 Å². The molecule has 0 radical (unpaired) electrons. The van der Waals surface area contributed by atoms with Crippen molar-refractivity contribution in [3.05, 3.63) is 24.3 Å². The third-order valence-corrected chi connectivity index (χ3v) is 12.6. The number of carbonyl (C=O) groups is 3. The number of allylic oxidation sites excluding steroid dienone is 4. The average Bonchev–Trinajstić information content (AvgIpc) is 3.23. The first-order valence-corrected chi connectivity index (χ1v) is 24.0. The minimum atomic E-state index is -0.744. The number of esters is 2. The van der Waals surface area contributed by atoms with Crippen LogP contribution in [0.15, 0.2) is 24.3 Å². The molecule has 0 heterocycles. The van der Waals surface area contributed by atoms with Gasteiger partial charge in [0, 0.05) is 13.0 Å². The third kappa shape index (κ3) is 25.7. The maximum absolute atomic E-state index is 13.2. The van der Waals surface area contributed by atoms with E-state index in [0.29, 0.717) is 6.42 Å². The van der Waals surface area contributed by atoms with Gasteiger partial charge in [-0.1, -0.05) is 129 Å². The Morgan fingerprint density at radius 3 is 1.79 bits per heavy atom. The first kappa shape index (κ1) is 50.8. The van der Waals surface area contributed by atoms with Gasteiger partial charge in [0.15, 0.2) is 0 Å². The lowest BCUT2D eigenvalue weighted by Gasteiger charge is -2.37. The molecule has 2 saturated carbocycles. The monoisotopic (exact) mass is 802 g/mol. The zero-order valence-electron chi connectivity index (χ0n) is 37.3. The molecule has 0 spiro atoms. The number of nitrogens with zero attached hydrogens (tertiary/aromatic N) is 1. The fraction of sp³-hybridized carbons (Fsp3) is 0.857. The van der Waals surface area contributed by atoms with Gasteiger partial charge in [-0.3, -0.25) is 9.59 Å². The van der Waals surface area contributed by atoms with Crippen LogP contribution in [0.5, 0.6) is 0 Å². The predicted molar refractivity (Wildman–Crippen MR) is 234 cm³/mol. The summed E-state index contributed by atoms with van der Waals surface area (Å²) >= 11 is 0. The van der Waals surface area contributed by atoms with E-state index < -0.39 is 12.1 Å². The van der Waals surface area contributed by atoms with Gasteiger partial charge in [0.2, 0.25) is 0 Å². The number of hydrogen-bond acceptors (Lipinski definition) is 8. The molecule has 2 rings (SSSR count). The van der Waals surface area contributed by atoms with E-state index in [2.05, 4.69) is 56.9 Å². The van der Waals surface area contributed by atoms with Gasteiger partial charge < -0.3 is 23.8 Å². The molecule has 2 fully saturated rings. The smallest absolute Gasteiger partial charge is 0.465 e. The van der Waals surface area contributed by atoms with Gasteiger partial charge in [0.05, 0.1) is 18.4 Å². The first-order valence-electron chi connectivity index (χ1n) is 24.0. The van der Waals surface area contributed by atoms with Crippen molar-refractivity contribution < 1.29 is 33.3 Å². The molecule has 0 aliphatic heterocycles. The summed E-state index contributed by atoms with van der Waals surface area (Å²) in [5.41, 5.74) is 0. The molecule has 0 aromatic rings. The molecule has 0 aromatic heterocycles. The zero-order valence-corrected chi connectivity index (χ0v) is 37.3. The summed E-state index contributed by atoms with van der Waals surface area (Å²) < 4.78 is 22.2. The molecule has 330 valence electrons. The summed E-state index contributed by atoms with van der Waals surface area (Å²) in [5.74, 6) is 1.50. The zero-order chi connectivity index (χ0) is 41.2. The Hall–Kier alpha value is -2.35. The van der Waals surface area contributed by atoms with E-state index >= 15 is 0 Å². The topological polar surface area (TPSA) is 91.4 Å². The number of hydrogen-bond donors (Lipinski definition) is 0. The molecule has 8 heteroatoms. The fourth-order valence-corrected chi connectivity index (χ4v) is 8.67. The molecular formula is C49H87NO7. The molecule has 8 nitrogen and oxygen atoms in total. The molecule has 2 aliphatic rings. The van der Waals surface area contributed by atoms with Gasteiger partial charge in [-0.2, -0.15) is 0 Å². The highest BCUT2D eigenvalue weighted by atomic mass is 16.7. The van der Waals surface area contributed by atoms with E-state index in [4.69, 9.17) is 18.9 Å². The van der Waals surface area contributed by atoms with E-state index in [9.17, 15) is 14.4 Å². The van der Waals surface area contributed by atoms with Crippen LogP contribution in [0.3, 0.4) is 0 Å². The van der Waals surface area contributed by atoms with Crippen LogP contribution in [0.4, 0.5) is 4.79 Å². The van der Waals surface area contributed by atoms with E-state index in [0.717, 1.165) is 102 Å². The Kier molecular flexibility index (Phi) is 30.7. The van der Waals surface area contributed by atoms with Crippen LogP contribution < -0.4 is 0 Å². The molecule has 2 aliphatic carbocycles. The summed E-state index contributed by atoms with van der Waals surface area (Å²) in [4.78, 5) is 40.5. The first-order chi connectivity index (χ1) is 27.9. The molecule has 0 N–H and O–H groups in total. The SMILES string of the molecule is CCCCC/C=C\C/C=C\CCCCCCCCC(=O)OCC(COC(=O)OCCCN(CC)CC)COC(=O)C1CCC(C2CCC(CCCCC)CC2)CC1. The molecule has 0 aromatic carbocycles. The Balaban J connectivity index is 1.68. The highest BCUT2D eigenvalue weighted by Gasteiger charge is 2.34. The van der Waals surface area contributed by atoms with Crippen LogP contribution >= 0.6 is 0 Å². The lowest BCUT2D eigenvalue weighted by Crippen LogP contribution is -2.31. The highest BCUT2D eigenvalue weighted by molar-refractivity contribution is 5.72. The van der Waals surface area contributed by atoms with Crippen LogP contribution in [-0.2, 0) is 28.5 Å². The quantitative estimate of drug-likeness (QED) is 0.0280. The molecule has 0 saturated heterocycles. The number of rotatable bonds is 33. The summed E-state index contributed by atoms with van der Waals surface area (Å²) in [6.45, 7) is 11.8. The Labute approximate surface area is 350 Å².